The molecule has 1 aliphatic rings. The number of aromatic nitrogens is 1. The van der Waals surface area contributed by atoms with Gasteiger partial charge >= 0.3 is 0 Å². The highest BCUT2D eigenvalue weighted by Crippen LogP contribution is 2.25. The lowest BCUT2D eigenvalue weighted by atomic mass is 10.0. The number of nitrogens with zero attached hydrogens (tertiary/aromatic N) is 2. The molecular weight excluding hydrogens is 366 g/mol. The van der Waals surface area contributed by atoms with E-state index in [0.29, 0.717) is 10.7 Å². The second-order valence-corrected chi connectivity index (χ2v) is 8.17. The number of likely N-dealkylation sites (tertiary alicyclic amines) is 1. The van der Waals surface area contributed by atoms with Crippen LogP contribution in [0, 0.1) is 0 Å². The van der Waals surface area contributed by atoms with Crippen LogP contribution in [0.1, 0.15) is 37.2 Å². The fraction of sp³-hybridized carbons (Fsp3) is 0.400. The summed E-state index contributed by atoms with van der Waals surface area (Å²) in [5.41, 5.74) is 2.82. The van der Waals surface area contributed by atoms with Gasteiger partial charge in [0.2, 0.25) is 0 Å². The molecule has 1 aromatic heterocycles. The van der Waals surface area contributed by atoms with Gasteiger partial charge < -0.3 is 5.32 Å². The van der Waals surface area contributed by atoms with E-state index in [9.17, 15) is 4.79 Å². The molecular formula is C20H24ClN3OS. The van der Waals surface area contributed by atoms with Crippen LogP contribution in [0.5, 0.6) is 0 Å². The first-order valence-electron chi connectivity index (χ1n) is 8.89. The molecule has 0 atom stereocenters. The Hall–Kier alpha value is -1.69. The van der Waals surface area contributed by atoms with E-state index in [4.69, 9.17) is 11.6 Å². The van der Waals surface area contributed by atoms with Gasteiger partial charge in [0.05, 0.1) is 0 Å². The molecule has 0 spiro atoms. The summed E-state index contributed by atoms with van der Waals surface area (Å²) < 4.78 is 0. The standard InChI is InChI=1S/C20H24ClN3OS/c1-14(2)7-10-24-11-8-17(9-12-24)22-19(25)18-13-26-20(23-18)15-3-5-16(21)6-4-15/h3-7,13,17H,8-12H2,1-2H3,(H,22,25). The SMILES string of the molecule is CC(C)=CCN1CCC(NC(=O)c2csc(-c3ccc(Cl)cc3)n2)CC1. The van der Waals surface area contributed by atoms with E-state index in [1.165, 1.54) is 16.9 Å². The summed E-state index contributed by atoms with van der Waals surface area (Å²) in [7, 11) is 0. The first-order chi connectivity index (χ1) is 12.5. The van der Waals surface area contributed by atoms with Crippen LogP contribution in [0.2, 0.25) is 5.02 Å². The maximum absolute atomic E-state index is 12.5. The Bertz CT molecular complexity index is 773. The summed E-state index contributed by atoms with van der Waals surface area (Å²) in [5.74, 6) is -0.0794. The van der Waals surface area contributed by atoms with Crippen molar-refractivity contribution in [2.24, 2.45) is 0 Å². The predicted molar refractivity (Wildman–Crippen MR) is 109 cm³/mol. The van der Waals surface area contributed by atoms with Crippen LogP contribution >= 0.6 is 22.9 Å². The van der Waals surface area contributed by atoms with Gasteiger partial charge in [-0.1, -0.05) is 35.4 Å². The highest BCUT2D eigenvalue weighted by molar-refractivity contribution is 7.13. The third kappa shape index (κ3) is 5.16. The number of thiazole rings is 1. The molecule has 1 saturated heterocycles. The van der Waals surface area contributed by atoms with Crippen molar-refractivity contribution >= 4 is 28.8 Å². The number of carbonyl (C=O) groups excluding carboxylic acids is 1. The number of nitrogens with one attached hydrogen (secondary N) is 1. The normalized spacial score (nSPS) is 15.7. The Kier molecular flexibility index (Phi) is 6.46. The minimum atomic E-state index is -0.0794. The number of benzene rings is 1. The molecule has 3 rings (SSSR count). The molecule has 2 aromatic rings. The van der Waals surface area contributed by atoms with Crippen molar-refractivity contribution in [1.29, 1.82) is 0 Å². The molecule has 1 fully saturated rings. The topological polar surface area (TPSA) is 45.2 Å². The summed E-state index contributed by atoms with van der Waals surface area (Å²) in [6, 6.07) is 7.74. The number of hydrogen-bond acceptors (Lipinski definition) is 4. The van der Waals surface area contributed by atoms with Gasteiger partial charge in [-0.2, -0.15) is 0 Å². The molecule has 4 nitrogen and oxygen atoms in total. The lowest BCUT2D eigenvalue weighted by molar-refractivity contribution is 0.0910. The van der Waals surface area contributed by atoms with Crippen LogP contribution in [0.3, 0.4) is 0 Å². The molecule has 138 valence electrons. The van der Waals surface area contributed by atoms with Gasteiger partial charge in [-0.05, 0) is 38.8 Å². The zero-order chi connectivity index (χ0) is 18.5. The monoisotopic (exact) mass is 389 g/mol. The van der Waals surface area contributed by atoms with Crippen molar-refractivity contribution in [1.82, 2.24) is 15.2 Å². The van der Waals surface area contributed by atoms with Crippen molar-refractivity contribution < 1.29 is 4.79 Å². The van der Waals surface area contributed by atoms with Crippen LogP contribution in [-0.2, 0) is 0 Å². The van der Waals surface area contributed by atoms with Gasteiger partial charge in [-0.3, -0.25) is 9.69 Å². The quantitative estimate of drug-likeness (QED) is 0.758. The van der Waals surface area contributed by atoms with E-state index in [-0.39, 0.29) is 11.9 Å². The summed E-state index contributed by atoms with van der Waals surface area (Å²) in [6.07, 6.45) is 4.22. The van der Waals surface area contributed by atoms with Crippen LogP contribution in [0.25, 0.3) is 10.6 Å². The molecule has 26 heavy (non-hydrogen) atoms. The van der Waals surface area contributed by atoms with Gasteiger partial charge in [0.15, 0.2) is 0 Å². The van der Waals surface area contributed by atoms with Gasteiger partial charge in [0.25, 0.3) is 5.91 Å². The van der Waals surface area contributed by atoms with Crippen LogP contribution in [0.15, 0.2) is 41.3 Å². The second-order valence-electron chi connectivity index (χ2n) is 6.87. The smallest absolute Gasteiger partial charge is 0.270 e. The molecule has 0 aliphatic carbocycles. The fourth-order valence-corrected chi connectivity index (χ4v) is 3.87. The summed E-state index contributed by atoms with van der Waals surface area (Å²) >= 11 is 7.40. The average molecular weight is 390 g/mol. The van der Waals surface area contributed by atoms with Crippen molar-refractivity contribution in [2.75, 3.05) is 19.6 Å². The fourth-order valence-electron chi connectivity index (χ4n) is 2.93. The van der Waals surface area contributed by atoms with Gasteiger partial charge in [0, 0.05) is 41.6 Å². The lowest BCUT2D eigenvalue weighted by Gasteiger charge is -2.31. The molecule has 1 aliphatic heterocycles. The van der Waals surface area contributed by atoms with E-state index in [1.807, 2.05) is 29.6 Å². The second kappa shape index (κ2) is 8.80. The van der Waals surface area contributed by atoms with Crippen molar-refractivity contribution in [3.05, 3.63) is 52.0 Å². The molecule has 0 saturated carbocycles. The third-order valence-electron chi connectivity index (χ3n) is 4.51. The third-order valence-corrected chi connectivity index (χ3v) is 5.65. The maximum Gasteiger partial charge on any atom is 0.270 e. The van der Waals surface area contributed by atoms with E-state index >= 15 is 0 Å². The number of carbonyl (C=O) groups is 1. The van der Waals surface area contributed by atoms with Crippen molar-refractivity contribution in [2.45, 2.75) is 32.7 Å². The lowest BCUT2D eigenvalue weighted by Crippen LogP contribution is -2.44. The summed E-state index contributed by atoms with van der Waals surface area (Å²) in [5, 5.41) is 6.49. The zero-order valence-electron chi connectivity index (χ0n) is 15.2. The number of allylic oxidation sites excluding steroid dienone is 1. The van der Waals surface area contributed by atoms with Crippen molar-refractivity contribution in [3.8, 4) is 10.6 Å². The minimum absolute atomic E-state index is 0.0794. The first-order valence-corrected chi connectivity index (χ1v) is 10.1. The van der Waals surface area contributed by atoms with Crippen LogP contribution < -0.4 is 5.32 Å². The van der Waals surface area contributed by atoms with Gasteiger partial charge in [-0.15, -0.1) is 11.3 Å². The molecule has 1 amide bonds. The molecule has 0 unspecified atom stereocenters. The number of piperidine rings is 1. The van der Waals surface area contributed by atoms with Crippen LogP contribution in [0.4, 0.5) is 0 Å². The average Bonchev–Trinajstić information content (AvgIpc) is 3.12. The van der Waals surface area contributed by atoms with Gasteiger partial charge in [0.1, 0.15) is 10.7 Å². The maximum atomic E-state index is 12.5. The van der Waals surface area contributed by atoms with E-state index < -0.39 is 0 Å². The Labute approximate surface area is 163 Å². The minimum Gasteiger partial charge on any atom is -0.348 e. The first kappa shape index (κ1) is 19.1. The van der Waals surface area contributed by atoms with E-state index in [0.717, 1.165) is 43.0 Å². The molecule has 2 heterocycles. The predicted octanol–water partition coefficient (Wildman–Crippen LogP) is 4.62. The zero-order valence-corrected chi connectivity index (χ0v) is 16.7. The number of halogens is 1. The number of amides is 1. The largest absolute Gasteiger partial charge is 0.348 e. The molecule has 0 bridgehead atoms. The highest BCUT2D eigenvalue weighted by Gasteiger charge is 2.21. The number of rotatable bonds is 5. The highest BCUT2D eigenvalue weighted by atomic mass is 35.5. The van der Waals surface area contributed by atoms with Crippen molar-refractivity contribution in [3.63, 3.8) is 0 Å². The summed E-state index contributed by atoms with van der Waals surface area (Å²) in [4.78, 5) is 19.4. The molecule has 0 radical (unpaired) electrons. The molecule has 1 N–H and O–H groups in total. The Morgan fingerprint density at radius 1 is 1.31 bits per heavy atom. The number of hydrogen-bond donors (Lipinski definition) is 1. The van der Waals surface area contributed by atoms with E-state index in [1.54, 1.807) is 0 Å². The van der Waals surface area contributed by atoms with Gasteiger partial charge in [-0.25, -0.2) is 4.98 Å². The van der Waals surface area contributed by atoms with E-state index in [2.05, 4.69) is 35.1 Å². The Morgan fingerprint density at radius 3 is 2.65 bits per heavy atom. The summed E-state index contributed by atoms with van der Waals surface area (Å²) in [6.45, 7) is 7.28. The Morgan fingerprint density at radius 2 is 2.00 bits per heavy atom. The Balaban J connectivity index is 1.53. The molecule has 1 aromatic carbocycles. The van der Waals surface area contributed by atoms with Crippen LogP contribution in [-0.4, -0.2) is 41.5 Å². The molecule has 6 heteroatoms.